The molecule has 0 bridgehead atoms. The maximum Gasteiger partial charge on any atom is 0.280 e. The predicted octanol–water partition coefficient (Wildman–Crippen LogP) is -1.65. The minimum Gasteiger partial charge on any atom is -0.378 e. The van der Waals surface area contributed by atoms with Gasteiger partial charge in [0.2, 0.25) is 5.95 Å². The van der Waals surface area contributed by atoms with Crippen molar-refractivity contribution in [3.63, 3.8) is 0 Å². The normalized spacial score (nSPS) is 11.5. The van der Waals surface area contributed by atoms with Crippen LogP contribution >= 0.6 is 0 Å². The summed E-state index contributed by atoms with van der Waals surface area (Å²) in [7, 11) is 0. The third kappa shape index (κ3) is 6.05. The molecule has 29 heavy (non-hydrogen) atoms. The summed E-state index contributed by atoms with van der Waals surface area (Å²) in [5.41, 5.74) is 11.9. The average molecular weight is 407 g/mol. The van der Waals surface area contributed by atoms with Crippen molar-refractivity contribution in [3.05, 3.63) is 28.6 Å². The maximum absolute atomic E-state index is 11.8. The molecule has 0 fully saturated rings. The van der Waals surface area contributed by atoms with Gasteiger partial charge in [-0.3, -0.25) is 9.78 Å². The quantitative estimate of drug-likeness (QED) is 0.278. The fraction of sp³-hybridized carbons (Fsp3) is 0.562. The molecule has 5 N–H and O–H groups in total. The summed E-state index contributed by atoms with van der Waals surface area (Å²) in [6, 6.07) is 0. The monoisotopic (exact) mass is 407 g/mol. The molecule has 3 rings (SSSR count). The largest absolute Gasteiger partial charge is 0.378 e. The first-order valence-corrected chi connectivity index (χ1v) is 9.20. The number of anilines is 1. The average Bonchev–Trinajstić information content (AvgIpc) is 3.31. The van der Waals surface area contributed by atoms with Crippen molar-refractivity contribution in [2.45, 2.75) is 13.1 Å². The highest BCUT2D eigenvalue weighted by Gasteiger charge is 2.11. The molecular weight excluding hydrogens is 382 g/mol. The molecule has 3 aromatic rings. The predicted molar refractivity (Wildman–Crippen MR) is 103 cm³/mol. The second-order valence-electron chi connectivity index (χ2n) is 6.09. The van der Waals surface area contributed by atoms with Gasteiger partial charge in [0.05, 0.1) is 65.3 Å². The van der Waals surface area contributed by atoms with Crippen molar-refractivity contribution in [2.75, 3.05) is 51.9 Å². The van der Waals surface area contributed by atoms with Crippen LogP contribution in [0.4, 0.5) is 5.95 Å². The third-order valence-electron chi connectivity index (χ3n) is 3.88. The van der Waals surface area contributed by atoms with Gasteiger partial charge >= 0.3 is 0 Å². The van der Waals surface area contributed by atoms with E-state index in [4.69, 9.17) is 25.7 Å². The van der Waals surface area contributed by atoms with Crippen LogP contribution in [0.25, 0.3) is 11.2 Å². The van der Waals surface area contributed by atoms with Crippen molar-refractivity contribution in [3.8, 4) is 0 Å². The van der Waals surface area contributed by atoms with E-state index in [0.717, 1.165) is 0 Å². The van der Waals surface area contributed by atoms with Gasteiger partial charge in [-0.25, -0.2) is 9.67 Å². The van der Waals surface area contributed by atoms with Crippen LogP contribution in [0, 0.1) is 0 Å². The highest BCUT2D eigenvalue weighted by molar-refractivity contribution is 5.70. The molecule has 0 saturated carbocycles. The van der Waals surface area contributed by atoms with Gasteiger partial charge in [0, 0.05) is 6.54 Å². The Bertz CT molecular complexity index is 951. The fourth-order valence-corrected chi connectivity index (χ4v) is 2.56. The van der Waals surface area contributed by atoms with Gasteiger partial charge in [-0.2, -0.15) is 4.98 Å². The van der Waals surface area contributed by atoms with E-state index in [0.29, 0.717) is 70.6 Å². The van der Waals surface area contributed by atoms with Crippen LogP contribution < -0.4 is 17.0 Å². The first-order chi connectivity index (χ1) is 14.2. The summed E-state index contributed by atoms with van der Waals surface area (Å²) in [6.07, 6.45) is 3.33. The minimum absolute atomic E-state index is 0.0390. The molecule has 3 heterocycles. The van der Waals surface area contributed by atoms with Gasteiger partial charge in [-0.15, -0.1) is 5.10 Å². The number of nitrogens with two attached hydrogens (primary N) is 2. The second kappa shape index (κ2) is 10.6. The smallest absolute Gasteiger partial charge is 0.280 e. The van der Waals surface area contributed by atoms with Crippen molar-refractivity contribution < 1.29 is 14.2 Å². The van der Waals surface area contributed by atoms with Gasteiger partial charge in [0.25, 0.3) is 5.56 Å². The number of fused-ring (bicyclic) bond motifs is 1. The molecule has 0 aliphatic carbocycles. The number of hydrogen-bond donors (Lipinski definition) is 3. The summed E-state index contributed by atoms with van der Waals surface area (Å²) in [5.74, 6) is 0.0390. The zero-order valence-corrected chi connectivity index (χ0v) is 16.0. The van der Waals surface area contributed by atoms with Crippen LogP contribution in [0.3, 0.4) is 0 Å². The lowest BCUT2D eigenvalue weighted by Crippen LogP contribution is -2.14. The molecular formula is C16H25N9O4. The van der Waals surface area contributed by atoms with E-state index in [1.54, 1.807) is 15.4 Å². The molecule has 0 radical (unpaired) electrons. The number of H-pyrrole nitrogens is 1. The fourth-order valence-electron chi connectivity index (χ4n) is 2.56. The molecule has 0 aliphatic heterocycles. The standard InChI is InChI=1S/C16H25N9O4/c17-1-3-27-5-7-29-8-6-28-4-2-25-10-12(22-23-25)9-24-11-19-13-14(24)20-16(18)21-15(13)26/h10-11H,1-9,17H2,(H3,18,20,21,26). The Kier molecular flexibility index (Phi) is 7.63. The molecule has 13 nitrogen and oxygen atoms in total. The molecule has 0 atom stereocenters. The number of ether oxygens (including phenoxy) is 3. The number of aromatic nitrogens is 7. The summed E-state index contributed by atoms with van der Waals surface area (Å²) in [6.45, 7) is 4.50. The molecule has 0 aliphatic rings. The van der Waals surface area contributed by atoms with Gasteiger partial charge in [-0.1, -0.05) is 5.21 Å². The molecule has 0 amide bonds. The molecule has 0 spiro atoms. The summed E-state index contributed by atoms with van der Waals surface area (Å²) < 4.78 is 19.5. The van der Waals surface area contributed by atoms with Crippen molar-refractivity contribution in [2.24, 2.45) is 5.73 Å². The lowest BCUT2D eigenvalue weighted by molar-refractivity contribution is 0.0141. The number of rotatable bonds is 13. The topological polar surface area (TPSA) is 174 Å². The first kappa shape index (κ1) is 20.9. The first-order valence-electron chi connectivity index (χ1n) is 9.20. The van der Waals surface area contributed by atoms with Crippen LogP contribution in [0.15, 0.2) is 17.3 Å². The van der Waals surface area contributed by atoms with Crippen LogP contribution in [0.1, 0.15) is 5.69 Å². The van der Waals surface area contributed by atoms with E-state index in [9.17, 15) is 4.79 Å². The molecule has 13 heteroatoms. The Labute approximate surface area is 166 Å². The Morgan fingerprint density at radius 2 is 1.79 bits per heavy atom. The van der Waals surface area contributed by atoms with Crippen molar-refractivity contribution in [1.29, 1.82) is 0 Å². The summed E-state index contributed by atoms with van der Waals surface area (Å²) in [4.78, 5) is 22.4. The Morgan fingerprint density at radius 3 is 2.55 bits per heavy atom. The SMILES string of the molecule is NCCOCCOCCOCCn1cc(Cn2cnc3c(=O)[nH]c(N)nc32)nn1. The lowest BCUT2D eigenvalue weighted by Gasteiger charge is -2.06. The lowest BCUT2D eigenvalue weighted by atomic mass is 10.4. The molecule has 3 aromatic heterocycles. The third-order valence-corrected chi connectivity index (χ3v) is 3.88. The molecule has 0 aromatic carbocycles. The van der Waals surface area contributed by atoms with Gasteiger partial charge in [0.15, 0.2) is 11.2 Å². The maximum atomic E-state index is 11.8. The number of hydrogen-bond acceptors (Lipinski definition) is 10. The van der Waals surface area contributed by atoms with E-state index >= 15 is 0 Å². The van der Waals surface area contributed by atoms with E-state index in [1.807, 2.05) is 0 Å². The number of nitrogens with zero attached hydrogens (tertiary/aromatic N) is 6. The number of nitrogen functional groups attached to an aromatic ring is 1. The Morgan fingerprint density at radius 1 is 1.07 bits per heavy atom. The van der Waals surface area contributed by atoms with E-state index in [1.165, 1.54) is 6.33 Å². The van der Waals surface area contributed by atoms with Crippen LogP contribution in [-0.4, -0.2) is 80.7 Å². The van der Waals surface area contributed by atoms with E-state index in [-0.39, 0.29) is 17.0 Å². The van der Waals surface area contributed by atoms with E-state index in [2.05, 4.69) is 25.3 Å². The van der Waals surface area contributed by atoms with Crippen LogP contribution in [0.5, 0.6) is 0 Å². The van der Waals surface area contributed by atoms with E-state index < -0.39 is 0 Å². The van der Waals surface area contributed by atoms with Crippen LogP contribution in [0.2, 0.25) is 0 Å². The highest BCUT2D eigenvalue weighted by atomic mass is 16.5. The van der Waals surface area contributed by atoms with Crippen LogP contribution in [-0.2, 0) is 27.3 Å². The second-order valence-corrected chi connectivity index (χ2v) is 6.09. The summed E-state index contributed by atoms with van der Waals surface area (Å²) in [5, 5.41) is 8.19. The Balaban J connectivity index is 1.39. The number of aromatic amines is 1. The minimum atomic E-state index is -0.376. The molecule has 0 saturated heterocycles. The van der Waals surface area contributed by atoms with Gasteiger partial charge in [-0.05, 0) is 0 Å². The van der Waals surface area contributed by atoms with Gasteiger partial charge in [0.1, 0.15) is 5.69 Å². The Hall–Kier alpha value is -2.87. The summed E-state index contributed by atoms with van der Waals surface area (Å²) >= 11 is 0. The van der Waals surface area contributed by atoms with Crippen molar-refractivity contribution in [1.82, 2.24) is 34.5 Å². The van der Waals surface area contributed by atoms with Gasteiger partial charge < -0.3 is 30.2 Å². The highest BCUT2D eigenvalue weighted by Crippen LogP contribution is 2.08. The zero-order valence-electron chi connectivity index (χ0n) is 16.0. The molecule has 0 unspecified atom stereocenters. The zero-order chi connectivity index (χ0) is 20.5. The molecule has 158 valence electrons. The number of nitrogens with one attached hydrogen (secondary N) is 1. The number of imidazole rings is 1. The van der Waals surface area contributed by atoms with Crippen molar-refractivity contribution >= 4 is 17.1 Å².